The largest absolute Gasteiger partial charge is 0.455 e. The van der Waals surface area contributed by atoms with Crippen LogP contribution in [-0.4, -0.2) is 4.98 Å². The van der Waals surface area contributed by atoms with E-state index >= 15 is 0 Å². The predicted octanol–water partition coefficient (Wildman–Crippen LogP) is 12.3. The van der Waals surface area contributed by atoms with Crippen LogP contribution in [0.2, 0.25) is 0 Å². The Balaban J connectivity index is 1.15. The first-order chi connectivity index (χ1) is 23.3. The maximum Gasteiger partial charge on any atom is 0.143 e. The van der Waals surface area contributed by atoms with Gasteiger partial charge in [-0.05, 0) is 95.7 Å². The van der Waals surface area contributed by atoms with Crippen molar-refractivity contribution in [1.29, 1.82) is 0 Å². The highest BCUT2D eigenvalue weighted by molar-refractivity contribution is 6.17. The maximum atomic E-state index is 6.37. The van der Waals surface area contributed by atoms with Gasteiger partial charge in [-0.3, -0.25) is 4.98 Å². The molecule has 0 aliphatic heterocycles. The number of fused-ring (bicyclic) bond motifs is 10. The monoisotopic (exact) mass is 602 g/mol. The van der Waals surface area contributed by atoms with E-state index in [0.717, 1.165) is 93.7 Å². The lowest BCUT2D eigenvalue weighted by atomic mass is 10.0. The summed E-state index contributed by atoms with van der Waals surface area (Å²) < 4.78 is 12.7. The molecule has 4 nitrogen and oxygen atoms in total. The van der Waals surface area contributed by atoms with Gasteiger partial charge in [0.25, 0.3) is 0 Å². The van der Waals surface area contributed by atoms with Crippen molar-refractivity contribution in [3.8, 4) is 11.3 Å². The summed E-state index contributed by atoms with van der Waals surface area (Å²) in [5.74, 6) is 0. The van der Waals surface area contributed by atoms with Crippen LogP contribution >= 0.6 is 0 Å². The van der Waals surface area contributed by atoms with Crippen molar-refractivity contribution in [2.24, 2.45) is 0 Å². The molecule has 0 spiro atoms. The molecule has 0 fully saturated rings. The fourth-order valence-corrected chi connectivity index (χ4v) is 7.04. The van der Waals surface area contributed by atoms with Crippen LogP contribution in [0.15, 0.2) is 167 Å². The Kier molecular flexibility index (Phi) is 5.54. The molecule has 0 amide bonds. The number of furan rings is 2. The van der Waals surface area contributed by atoms with Gasteiger partial charge >= 0.3 is 0 Å². The number of benzene rings is 7. The lowest BCUT2D eigenvalue weighted by Gasteiger charge is -2.26. The van der Waals surface area contributed by atoms with Crippen molar-refractivity contribution in [2.45, 2.75) is 0 Å². The molecule has 10 aromatic rings. The number of hydrogen-bond donors (Lipinski definition) is 0. The predicted molar refractivity (Wildman–Crippen MR) is 194 cm³/mol. The highest BCUT2D eigenvalue weighted by atomic mass is 16.3. The third kappa shape index (κ3) is 4.05. The zero-order valence-corrected chi connectivity index (χ0v) is 25.2. The Hall–Kier alpha value is -6.39. The minimum Gasteiger partial charge on any atom is -0.455 e. The van der Waals surface area contributed by atoms with Crippen molar-refractivity contribution in [3.63, 3.8) is 0 Å². The Morgan fingerprint density at radius 1 is 0.404 bits per heavy atom. The van der Waals surface area contributed by atoms with E-state index in [4.69, 9.17) is 8.83 Å². The van der Waals surface area contributed by atoms with E-state index < -0.39 is 0 Å². The Labute approximate surface area is 269 Å². The van der Waals surface area contributed by atoms with Gasteiger partial charge in [-0.2, -0.15) is 0 Å². The zero-order chi connectivity index (χ0) is 30.9. The fourth-order valence-electron chi connectivity index (χ4n) is 7.04. The van der Waals surface area contributed by atoms with Gasteiger partial charge in [0.2, 0.25) is 0 Å². The summed E-state index contributed by atoms with van der Waals surface area (Å²) in [7, 11) is 0. The first kappa shape index (κ1) is 25.9. The normalized spacial score (nSPS) is 11.8. The molecule has 0 saturated carbocycles. The van der Waals surface area contributed by atoms with E-state index in [1.165, 1.54) is 0 Å². The fraction of sp³-hybridized carbons (Fsp3) is 0. The summed E-state index contributed by atoms with van der Waals surface area (Å²) in [6.07, 6.45) is 1.83. The first-order valence-corrected chi connectivity index (χ1v) is 15.8. The molecule has 47 heavy (non-hydrogen) atoms. The van der Waals surface area contributed by atoms with Gasteiger partial charge in [0.15, 0.2) is 0 Å². The molecule has 0 aliphatic rings. The SMILES string of the molecule is c1ccc(-c2ccc(N(c3ccc4c(ccc5c6ccccc6oc45)c3)c3ccc4c(ccc5c6ccccc6oc45)c3)cc2)nc1. The molecule has 10 rings (SSSR count). The van der Waals surface area contributed by atoms with E-state index in [2.05, 4.69) is 119 Å². The molecule has 7 aromatic carbocycles. The molecule has 0 radical (unpaired) electrons. The van der Waals surface area contributed by atoms with Gasteiger partial charge in [0.1, 0.15) is 22.3 Å². The minimum atomic E-state index is 0.906. The molecule has 0 N–H and O–H groups in total. The molecular weight excluding hydrogens is 576 g/mol. The number of rotatable bonds is 4. The summed E-state index contributed by atoms with van der Waals surface area (Å²) >= 11 is 0. The van der Waals surface area contributed by atoms with E-state index in [1.807, 2.05) is 48.7 Å². The van der Waals surface area contributed by atoms with Crippen LogP contribution in [-0.2, 0) is 0 Å². The van der Waals surface area contributed by atoms with Gasteiger partial charge in [-0.15, -0.1) is 0 Å². The third-order valence-corrected chi connectivity index (χ3v) is 9.29. The second-order valence-corrected chi connectivity index (χ2v) is 12.0. The molecule has 3 aromatic heterocycles. The van der Waals surface area contributed by atoms with Gasteiger partial charge in [-0.1, -0.05) is 66.7 Å². The number of pyridine rings is 1. The Bertz CT molecular complexity index is 2640. The topological polar surface area (TPSA) is 42.4 Å². The van der Waals surface area contributed by atoms with E-state index in [-0.39, 0.29) is 0 Å². The van der Waals surface area contributed by atoms with Crippen LogP contribution in [0.3, 0.4) is 0 Å². The lowest BCUT2D eigenvalue weighted by Crippen LogP contribution is -2.10. The van der Waals surface area contributed by atoms with Crippen LogP contribution in [0.25, 0.3) is 76.7 Å². The Morgan fingerprint density at radius 2 is 0.915 bits per heavy atom. The van der Waals surface area contributed by atoms with Crippen molar-refractivity contribution in [2.75, 3.05) is 4.90 Å². The van der Waals surface area contributed by atoms with Gasteiger partial charge in [-0.25, -0.2) is 0 Å². The van der Waals surface area contributed by atoms with E-state index in [0.29, 0.717) is 0 Å². The number of aromatic nitrogens is 1. The molecule has 0 atom stereocenters. The molecule has 0 aliphatic carbocycles. The van der Waals surface area contributed by atoms with Crippen LogP contribution in [0, 0.1) is 0 Å². The second kappa shape index (κ2) is 10.1. The molecule has 0 bridgehead atoms. The van der Waals surface area contributed by atoms with Crippen LogP contribution < -0.4 is 4.90 Å². The molecule has 3 heterocycles. The molecular formula is C43H26N2O2. The van der Waals surface area contributed by atoms with Crippen molar-refractivity contribution in [1.82, 2.24) is 4.98 Å². The Morgan fingerprint density at radius 3 is 1.47 bits per heavy atom. The smallest absolute Gasteiger partial charge is 0.143 e. The molecule has 220 valence electrons. The van der Waals surface area contributed by atoms with Crippen LogP contribution in [0.4, 0.5) is 17.1 Å². The van der Waals surface area contributed by atoms with Crippen molar-refractivity contribution < 1.29 is 8.83 Å². The average molecular weight is 603 g/mol. The van der Waals surface area contributed by atoms with Gasteiger partial charge in [0, 0.05) is 61.1 Å². The van der Waals surface area contributed by atoms with Crippen LogP contribution in [0.5, 0.6) is 0 Å². The average Bonchev–Trinajstić information content (AvgIpc) is 3.71. The van der Waals surface area contributed by atoms with Crippen LogP contribution in [0.1, 0.15) is 0 Å². The lowest BCUT2D eigenvalue weighted by molar-refractivity contribution is 0.672. The maximum absolute atomic E-state index is 6.37. The summed E-state index contributed by atoms with van der Waals surface area (Å²) in [6.45, 7) is 0. The van der Waals surface area contributed by atoms with E-state index in [9.17, 15) is 0 Å². The van der Waals surface area contributed by atoms with E-state index in [1.54, 1.807) is 0 Å². The van der Waals surface area contributed by atoms with Gasteiger partial charge in [0.05, 0.1) is 5.69 Å². The third-order valence-electron chi connectivity index (χ3n) is 9.29. The quantitative estimate of drug-likeness (QED) is 0.201. The molecule has 0 unspecified atom stereocenters. The summed E-state index contributed by atoms with van der Waals surface area (Å²) in [5, 5.41) is 8.97. The van der Waals surface area contributed by atoms with Gasteiger partial charge < -0.3 is 13.7 Å². The number of hydrogen-bond acceptors (Lipinski definition) is 4. The first-order valence-electron chi connectivity index (χ1n) is 15.8. The minimum absolute atomic E-state index is 0.906. The number of para-hydroxylation sites is 2. The molecule has 4 heteroatoms. The second-order valence-electron chi connectivity index (χ2n) is 12.0. The highest BCUT2D eigenvalue weighted by Crippen LogP contribution is 2.42. The highest BCUT2D eigenvalue weighted by Gasteiger charge is 2.18. The standard InChI is InChI=1S/C43H26N2O2/c1-3-10-40-35(7-1)37-20-14-28-25-31(18-22-33(28)42(37)46-40)45(30-16-12-27(13-17-30)39-9-5-6-24-44-39)32-19-23-34-29(26-32)15-21-38-36-8-2-4-11-41(36)47-43(34)38/h1-26H. The molecule has 0 saturated heterocycles. The zero-order valence-electron chi connectivity index (χ0n) is 25.2. The number of anilines is 3. The summed E-state index contributed by atoms with van der Waals surface area (Å²) in [4.78, 5) is 6.87. The number of nitrogens with zero attached hydrogens (tertiary/aromatic N) is 2. The summed E-state index contributed by atoms with van der Waals surface area (Å²) in [5.41, 5.74) is 8.84. The van der Waals surface area contributed by atoms with Crippen molar-refractivity contribution >= 4 is 82.5 Å². The summed E-state index contributed by atoms with van der Waals surface area (Å²) in [6, 6.07) is 53.1. The van der Waals surface area contributed by atoms with Crippen molar-refractivity contribution in [3.05, 3.63) is 158 Å².